The molecule has 0 N–H and O–H groups in total. The third kappa shape index (κ3) is 4.11. The van der Waals surface area contributed by atoms with E-state index in [-0.39, 0.29) is 18.9 Å². The Balaban J connectivity index is 1.86. The first-order valence-corrected chi connectivity index (χ1v) is 6.67. The average molecular weight is 319 g/mol. The maximum absolute atomic E-state index is 10.6. The zero-order chi connectivity index (χ0) is 15.9. The van der Waals surface area contributed by atoms with Crippen molar-refractivity contribution >= 4 is 17.3 Å². The van der Waals surface area contributed by atoms with Gasteiger partial charge in [0.2, 0.25) is 0 Å². The van der Waals surface area contributed by atoms with Crippen LogP contribution in [0.25, 0.3) is 0 Å². The number of nitro benzene ring substituents is 1. The smallest absolute Gasteiger partial charge is 0.273 e. The van der Waals surface area contributed by atoms with E-state index in [0.29, 0.717) is 22.1 Å². The van der Waals surface area contributed by atoms with Crippen LogP contribution in [0.1, 0.15) is 5.56 Å². The van der Waals surface area contributed by atoms with Gasteiger partial charge < -0.3 is 9.47 Å². The lowest BCUT2D eigenvalue weighted by Crippen LogP contribution is -2.09. The highest BCUT2D eigenvalue weighted by atomic mass is 35.5. The molecule has 0 atom stereocenters. The van der Waals surface area contributed by atoms with E-state index in [1.807, 2.05) is 6.07 Å². The van der Waals surface area contributed by atoms with Crippen LogP contribution in [0.2, 0.25) is 5.02 Å². The molecule has 7 heteroatoms. The second-order valence-electron chi connectivity index (χ2n) is 4.21. The molecule has 22 heavy (non-hydrogen) atoms. The molecule has 0 aliphatic rings. The molecule has 0 heterocycles. The van der Waals surface area contributed by atoms with Gasteiger partial charge in [0.25, 0.3) is 5.69 Å². The molecule has 0 unspecified atom stereocenters. The molecule has 0 aliphatic heterocycles. The second-order valence-corrected chi connectivity index (χ2v) is 4.62. The van der Waals surface area contributed by atoms with Crippen molar-refractivity contribution in [3.05, 3.63) is 63.2 Å². The molecule has 112 valence electrons. The first-order chi connectivity index (χ1) is 10.6. The first-order valence-electron chi connectivity index (χ1n) is 6.30. The summed E-state index contributed by atoms with van der Waals surface area (Å²) < 4.78 is 10.8. The van der Waals surface area contributed by atoms with Crippen LogP contribution in [-0.4, -0.2) is 18.1 Å². The van der Waals surface area contributed by atoms with Gasteiger partial charge in [-0.2, -0.15) is 5.26 Å². The predicted molar refractivity (Wildman–Crippen MR) is 80.3 cm³/mol. The molecule has 0 aromatic heterocycles. The molecule has 0 saturated carbocycles. The molecule has 0 amide bonds. The minimum absolute atomic E-state index is 0.0337. The number of hydrogen-bond donors (Lipinski definition) is 0. The Morgan fingerprint density at radius 3 is 2.64 bits per heavy atom. The number of non-ortho nitro benzene ring substituents is 1. The van der Waals surface area contributed by atoms with E-state index in [1.54, 1.807) is 24.3 Å². The van der Waals surface area contributed by atoms with Crippen LogP contribution in [-0.2, 0) is 0 Å². The standard InChI is InChI=1S/C15H11ClN2O4/c16-14-8-11(10-17)4-5-15(14)22-7-6-21-13-3-1-2-12(9-13)18(19)20/h1-5,8-9H,6-7H2. The minimum atomic E-state index is -0.486. The number of ether oxygens (including phenoxy) is 2. The fraction of sp³-hybridized carbons (Fsp3) is 0.133. The Morgan fingerprint density at radius 2 is 1.95 bits per heavy atom. The monoisotopic (exact) mass is 318 g/mol. The summed E-state index contributed by atoms with van der Waals surface area (Å²) in [7, 11) is 0. The Kier molecular flexibility index (Phi) is 5.17. The van der Waals surface area contributed by atoms with Gasteiger partial charge in [0.05, 0.1) is 27.6 Å². The number of rotatable bonds is 6. The van der Waals surface area contributed by atoms with Gasteiger partial charge in [-0.25, -0.2) is 0 Å². The number of hydrogen-bond acceptors (Lipinski definition) is 5. The van der Waals surface area contributed by atoms with E-state index < -0.39 is 4.92 Å². The summed E-state index contributed by atoms with van der Waals surface area (Å²) in [6.07, 6.45) is 0. The molecule has 0 bridgehead atoms. The molecular weight excluding hydrogens is 308 g/mol. The van der Waals surface area contributed by atoms with Gasteiger partial charge in [0.15, 0.2) is 0 Å². The third-order valence-corrected chi connectivity index (χ3v) is 2.99. The number of nitriles is 1. The van der Waals surface area contributed by atoms with Gasteiger partial charge >= 0.3 is 0 Å². The lowest BCUT2D eigenvalue weighted by atomic mass is 10.2. The van der Waals surface area contributed by atoms with E-state index in [4.69, 9.17) is 26.3 Å². The van der Waals surface area contributed by atoms with Crippen molar-refractivity contribution in [2.75, 3.05) is 13.2 Å². The Labute approximate surface area is 131 Å². The molecule has 6 nitrogen and oxygen atoms in total. The number of benzene rings is 2. The van der Waals surface area contributed by atoms with Crippen molar-refractivity contribution in [3.8, 4) is 17.6 Å². The molecule has 2 aromatic rings. The minimum Gasteiger partial charge on any atom is -0.490 e. The molecule has 0 spiro atoms. The first kappa shape index (κ1) is 15.6. The van der Waals surface area contributed by atoms with Crippen molar-refractivity contribution in [1.29, 1.82) is 5.26 Å². The van der Waals surface area contributed by atoms with Gasteiger partial charge in [-0.3, -0.25) is 10.1 Å². The van der Waals surface area contributed by atoms with Crippen LogP contribution in [0.3, 0.4) is 0 Å². The van der Waals surface area contributed by atoms with Crippen molar-refractivity contribution in [2.45, 2.75) is 0 Å². The highest BCUT2D eigenvalue weighted by Crippen LogP contribution is 2.25. The molecule has 0 aliphatic carbocycles. The Hall–Kier alpha value is -2.78. The van der Waals surface area contributed by atoms with Crippen molar-refractivity contribution < 1.29 is 14.4 Å². The summed E-state index contributed by atoms with van der Waals surface area (Å²) in [5.41, 5.74) is 0.416. The molecule has 0 saturated heterocycles. The molecule has 0 fully saturated rings. The maximum atomic E-state index is 10.6. The van der Waals surface area contributed by atoms with E-state index in [1.165, 1.54) is 18.2 Å². The van der Waals surface area contributed by atoms with Gasteiger partial charge in [0.1, 0.15) is 24.7 Å². The zero-order valence-electron chi connectivity index (χ0n) is 11.4. The Morgan fingerprint density at radius 1 is 1.18 bits per heavy atom. The van der Waals surface area contributed by atoms with Gasteiger partial charge in [-0.15, -0.1) is 0 Å². The molecular formula is C15H11ClN2O4. The largest absolute Gasteiger partial charge is 0.490 e. The number of nitro groups is 1. The summed E-state index contributed by atoms with van der Waals surface area (Å²) in [5.74, 6) is 0.840. The number of nitrogens with zero attached hydrogens (tertiary/aromatic N) is 2. The fourth-order valence-electron chi connectivity index (χ4n) is 1.69. The van der Waals surface area contributed by atoms with Crippen molar-refractivity contribution in [1.82, 2.24) is 0 Å². The van der Waals surface area contributed by atoms with E-state index in [2.05, 4.69) is 0 Å². The van der Waals surface area contributed by atoms with Crippen LogP contribution in [0.5, 0.6) is 11.5 Å². The molecule has 2 aromatic carbocycles. The SMILES string of the molecule is N#Cc1ccc(OCCOc2cccc([N+](=O)[O-])c2)c(Cl)c1. The van der Waals surface area contributed by atoms with Gasteiger partial charge in [-0.1, -0.05) is 17.7 Å². The Bertz CT molecular complexity index is 728. The zero-order valence-corrected chi connectivity index (χ0v) is 12.1. The highest BCUT2D eigenvalue weighted by molar-refractivity contribution is 6.32. The fourth-order valence-corrected chi connectivity index (χ4v) is 1.92. The molecule has 2 rings (SSSR count). The van der Waals surface area contributed by atoms with Crippen molar-refractivity contribution in [2.24, 2.45) is 0 Å². The van der Waals surface area contributed by atoms with Gasteiger partial charge in [0, 0.05) is 6.07 Å². The lowest BCUT2D eigenvalue weighted by molar-refractivity contribution is -0.384. The maximum Gasteiger partial charge on any atom is 0.273 e. The lowest BCUT2D eigenvalue weighted by Gasteiger charge is -2.09. The molecule has 0 radical (unpaired) electrons. The van der Waals surface area contributed by atoms with Crippen LogP contribution < -0.4 is 9.47 Å². The summed E-state index contributed by atoms with van der Waals surface area (Å²) in [4.78, 5) is 10.2. The van der Waals surface area contributed by atoms with E-state index in [0.717, 1.165) is 0 Å². The van der Waals surface area contributed by atoms with Crippen molar-refractivity contribution in [3.63, 3.8) is 0 Å². The summed E-state index contributed by atoms with van der Waals surface area (Å²) in [6.45, 7) is 0.422. The second kappa shape index (κ2) is 7.29. The normalized spacial score (nSPS) is 9.82. The van der Waals surface area contributed by atoms with E-state index >= 15 is 0 Å². The van der Waals surface area contributed by atoms with Crippen LogP contribution >= 0.6 is 11.6 Å². The quantitative estimate of drug-likeness (QED) is 0.461. The highest BCUT2D eigenvalue weighted by Gasteiger charge is 2.07. The van der Waals surface area contributed by atoms with Crippen LogP contribution in [0.4, 0.5) is 5.69 Å². The summed E-state index contributed by atoms with van der Waals surface area (Å²) >= 11 is 5.97. The van der Waals surface area contributed by atoms with E-state index in [9.17, 15) is 10.1 Å². The average Bonchev–Trinajstić information content (AvgIpc) is 2.53. The summed E-state index contributed by atoms with van der Waals surface area (Å²) in [6, 6.07) is 12.6. The van der Waals surface area contributed by atoms with Crippen LogP contribution in [0, 0.1) is 21.4 Å². The summed E-state index contributed by atoms with van der Waals surface area (Å²) in [5, 5.41) is 19.7. The van der Waals surface area contributed by atoms with Crippen LogP contribution in [0.15, 0.2) is 42.5 Å². The topological polar surface area (TPSA) is 85.4 Å². The number of halogens is 1. The predicted octanol–water partition coefficient (Wildman–Crippen LogP) is 3.58. The third-order valence-electron chi connectivity index (χ3n) is 2.70. The van der Waals surface area contributed by atoms with Gasteiger partial charge in [-0.05, 0) is 24.3 Å².